The summed E-state index contributed by atoms with van der Waals surface area (Å²) in [5.41, 5.74) is 0.490. The fourth-order valence-corrected chi connectivity index (χ4v) is 0.529. The lowest BCUT2D eigenvalue weighted by molar-refractivity contribution is 0.827. The number of nitrogens with zero attached hydrogens (tertiary/aromatic N) is 3. The van der Waals surface area contributed by atoms with Crippen LogP contribution in [0.25, 0.3) is 0 Å². The molecule has 0 unspecified atom stereocenters. The van der Waals surface area contributed by atoms with Crippen molar-refractivity contribution in [2.24, 2.45) is 5.10 Å². The molecule has 0 aliphatic carbocycles. The molecule has 0 aromatic carbocycles. The highest BCUT2D eigenvalue weighted by Crippen LogP contribution is 1.76. The summed E-state index contributed by atoms with van der Waals surface area (Å²) in [5.74, 6) is 0. The Balaban J connectivity index is 3.07. The molecule has 0 saturated carbocycles. The molecule has 0 amide bonds. The minimum Gasteiger partial charge on any atom is -0.244 e. The van der Waals surface area contributed by atoms with Crippen LogP contribution >= 0.6 is 0 Å². The van der Waals surface area contributed by atoms with Gasteiger partial charge in [-0.15, -0.1) is 0 Å². The topological polar surface area (TPSA) is 63.0 Å². The van der Waals surface area contributed by atoms with Gasteiger partial charge in [-0.3, -0.25) is 0 Å². The van der Waals surface area contributed by atoms with E-state index in [1.807, 2.05) is 0 Å². The molecule has 54 valence electrons. The van der Waals surface area contributed by atoms with Gasteiger partial charge in [0, 0.05) is 5.71 Å². The van der Waals surface area contributed by atoms with Gasteiger partial charge in [0.2, 0.25) is 0 Å². The van der Waals surface area contributed by atoms with E-state index in [1.54, 1.807) is 13.8 Å². The molecule has 10 heavy (non-hydrogen) atoms. The molecule has 0 saturated heterocycles. The molecule has 1 N–H and O–H groups in total. The Morgan fingerprint density at radius 3 is 2.90 bits per heavy atom. The van der Waals surface area contributed by atoms with Gasteiger partial charge in [0.15, 0.2) is 0 Å². The fraction of sp³-hybridized carbons (Fsp3) is 0.400. The van der Waals surface area contributed by atoms with Crippen LogP contribution in [0.1, 0.15) is 13.8 Å². The highest BCUT2D eigenvalue weighted by molar-refractivity contribution is 5.78. The van der Waals surface area contributed by atoms with E-state index in [9.17, 15) is 4.79 Å². The Bertz CT molecular complexity index is 291. The van der Waals surface area contributed by atoms with Gasteiger partial charge >= 0.3 is 5.69 Å². The largest absolute Gasteiger partial charge is 0.363 e. The van der Waals surface area contributed by atoms with Gasteiger partial charge in [0.1, 0.15) is 6.33 Å². The molecule has 1 rings (SSSR count). The second kappa shape index (κ2) is 2.47. The molecule has 1 heterocycles. The average molecular weight is 140 g/mol. The predicted octanol–water partition coefficient (Wildman–Crippen LogP) is -0.185. The predicted molar refractivity (Wildman–Crippen MR) is 37.0 cm³/mol. The summed E-state index contributed by atoms with van der Waals surface area (Å²) >= 11 is 0. The maximum Gasteiger partial charge on any atom is 0.363 e. The third kappa shape index (κ3) is 1.31. The number of aromatic nitrogens is 3. The zero-order valence-corrected chi connectivity index (χ0v) is 5.83. The van der Waals surface area contributed by atoms with Crippen molar-refractivity contribution in [1.29, 1.82) is 0 Å². The second-order valence-corrected chi connectivity index (χ2v) is 2.05. The summed E-state index contributed by atoms with van der Waals surface area (Å²) in [6, 6.07) is 0. The first-order valence-corrected chi connectivity index (χ1v) is 2.84. The van der Waals surface area contributed by atoms with Crippen LogP contribution in [0, 0.1) is 0 Å². The Hall–Kier alpha value is -1.39. The van der Waals surface area contributed by atoms with Crippen molar-refractivity contribution in [3.05, 3.63) is 16.8 Å². The van der Waals surface area contributed by atoms with E-state index in [2.05, 4.69) is 15.3 Å². The molecule has 1 aromatic heterocycles. The molecule has 5 heteroatoms. The minimum atomic E-state index is -0.318. The lowest BCUT2D eigenvalue weighted by Gasteiger charge is -1.87. The molecule has 0 atom stereocenters. The van der Waals surface area contributed by atoms with Gasteiger partial charge in [-0.2, -0.15) is 14.9 Å². The summed E-state index contributed by atoms with van der Waals surface area (Å²) in [7, 11) is 0. The number of H-pyrrole nitrogens is 1. The van der Waals surface area contributed by atoms with E-state index < -0.39 is 0 Å². The van der Waals surface area contributed by atoms with Crippen molar-refractivity contribution in [3.8, 4) is 0 Å². The number of hydrogen-bond acceptors (Lipinski definition) is 3. The maximum atomic E-state index is 10.7. The van der Waals surface area contributed by atoms with Crippen molar-refractivity contribution < 1.29 is 0 Å². The first kappa shape index (κ1) is 6.73. The van der Waals surface area contributed by atoms with E-state index >= 15 is 0 Å². The van der Waals surface area contributed by atoms with Gasteiger partial charge in [-0.1, -0.05) is 0 Å². The second-order valence-electron chi connectivity index (χ2n) is 2.05. The van der Waals surface area contributed by atoms with Crippen molar-refractivity contribution >= 4 is 5.71 Å². The Kier molecular flexibility index (Phi) is 1.66. The van der Waals surface area contributed by atoms with E-state index in [-0.39, 0.29) is 5.69 Å². The summed E-state index contributed by atoms with van der Waals surface area (Å²) in [6.07, 6.45) is 1.33. The van der Waals surface area contributed by atoms with Crippen LogP contribution < -0.4 is 5.69 Å². The van der Waals surface area contributed by atoms with Crippen molar-refractivity contribution in [2.75, 3.05) is 0 Å². The number of rotatable bonds is 1. The van der Waals surface area contributed by atoms with Gasteiger partial charge in [0.05, 0.1) is 0 Å². The normalized spacial score (nSPS) is 9.40. The third-order valence-corrected chi connectivity index (χ3v) is 0.843. The molecule has 0 fully saturated rings. The minimum absolute atomic E-state index is 0.318. The quantitative estimate of drug-likeness (QED) is 0.550. The number of nitrogens with one attached hydrogen (secondary N) is 1. The number of aromatic amines is 1. The van der Waals surface area contributed by atoms with E-state index in [0.717, 1.165) is 10.4 Å². The van der Waals surface area contributed by atoms with E-state index in [1.165, 1.54) is 6.33 Å². The number of hydrogen-bond donors (Lipinski definition) is 1. The lowest BCUT2D eigenvalue weighted by atomic mass is 10.5. The standard InChI is InChI=1S/C5H8N4O/c1-4(2)8-9-3-6-7-5(9)10/h3H,1-2H3,(H,7,10). The molecule has 1 aromatic rings. The third-order valence-electron chi connectivity index (χ3n) is 0.843. The zero-order chi connectivity index (χ0) is 7.56. The lowest BCUT2D eigenvalue weighted by Crippen LogP contribution is -2.12. The molecule has 0 aliphatic rings. The molecule has 0 aliphatic heterocycles. The van der Waals surface area contributed by atoms with Crippen LogP contribution in [0.15, 0.2) is 16.2 Å². The van der Waals surface area contributed by atoms with Crippen LogP contribution in [0.2, 0.25) is 0 Å². The molecule has 0 bridgehead atoms. The van der Waals surface area contributed by atoms with Crippen molar-refractivity contribution in [1.82, 2.24) is 14.9 Å². The van der Waals surface area contributed by atoms with Gasteiger partial charge < -0.3 is 0 Å². The first-order chi connectivity index (χ1) is 4.70. The maximum absolute atomic E-state index is 10.7. The average Bonchev–Trinajstić information content (AvgIpc) is 2.15. The van der Waals surface area contributed by atoms with Gasteiger partial charge in [-0.25, -0.2) is 9.89 Å². The fourth-order valence-electron chi connectivity index (χ4n) is 0.529. The van der Waals surface area contributed by atoms with Gasteiger partial charge in [0.25, 0.3) is 0 Å². The van der Waals surface area contributed by atoms with E-state index in [4.69, 9.17) is 0 Å². The molecule has 5 nitrogen and oxygen atoms in total. The molecular weight excluding hydrogens is 132 g/mol. The van der Waals surface area contributed by atoms with E-state index in [0.29, 0.717) is 0 Å². The smallest absolute Gasteiger partial charge is 0.244 e. The Morgan fingerprint density at radius 1 is 1.80 bits per heavy atom. The monoisotopic (exact) mass is 140 g/mol. The zero-order valence-electron chi connectivity index (χ0n) is 5.83. The van der Waals surface area contributed by atoms with Gasteiger partial charge in [-0.05, 0) is 13.8 Å². The highest BCUT2D eigenvalue weighted by atomic mass is 16.2. The van der Waals surface area contributed by atoms with Crippen molar-refractivity contribution in [2.45, 2.75) is 13.8 Å². The SMILES string of the molecule is CC(C)=Nn1cn[nH]c1=O. The van der Waals surface area contributed by atoms with Crippen LogP contribution in [-0.4, -0.2) is 20.6 Å². The van der Waals surface area contributed by atoms with Crippen LogP contribution in [0.3, 0.4) is 0 Å². The van der Waals surface area contributed by atoms with Crippen molar-refractivity contribution in [3.63, 3.8) is 0 Å². The first-order valence-electron chi connectivity index (χ1n) is 2.84. The van der Waals surface area contributed by atoms with Crippen LogP contribution in [0.4, 0.5) is 0 Å². The molecular formula is C5H8N4O. The highest BCUT2D eigenvalue weighted by Gasteiger charge is 1.90. The van der Waals surface area contributed by atoms with Crippen LogP contribution in [0.5, 0.6) is 0 Å². The molecule has 0 spiro atoms. The van der Waals surface area contributed by atoms with Crippen LogP contribution in [-0.2, 0) is 0 Å². The Labute approximate surface area is 57.4 Å². The summed E-state index contributed by atoms with van der Waals surface area (Å²) in [4.78, 5) is 10.7. The summed E-state index contributed by atoms with van der Waals surface area (Å²) in [5, 5.41) is 9.56. The Morgan fingerprint density at radius 2 is 2.50 bits per heavy atom. The molecule has 0 radical (unpaired) electrons. The summed E-state index contributed by atoms with van der Waals surface area (Å²) in [6.45, 7) is 3.61. The summed E-state index contributed by atoms with van der Waals surface area (Å²) < 4.78 is 1.15.